The van der Waals surface area contributed by atoms with Crippen molar-refractivity contribution >= 4 is 11.9 Å². The van der Waals surface area contributed by atoms with Crippen molar-refractivity contribution in [2.45, 2.75) is 83.6 Å². The molecular formula is C29H41NO4. The van der Waals surface area contributed by atoms with Crippen LogP contribution in [0.2, 0.25) is 0 Å². The van der Waals surface area contributed by atoms with E-state index in [0.29, 0.717) is 18.6 Å². The van der Waals surface area contributed by atoms with E-state index in [1.54, 1.807) is 31.4 Å². The highest BCUT2D eigenvalue weighted by atomic mass is 16.5. The molecule has 0 saturated carbocycles. The first-order valence-electron chi connectivity index (χ1n) is 12.8. The van der Waals surface area contributed by atoms with Gasteiger partial charge in [0.1, 0.15) is 11.8 Å². The van der Waals surface area contributed by atoms with Crippen LogP contribution >= 0.6 is 0 Å². The Morgan fingerprint density at radius 1 is 0.794 bits per heavy atom. The molecular weight excluding hydrogens is 426 g/mol. The number of ether oxygens (including phenoxy) is 2. The summed E-state index contributed by atoms with van der Waals surface area (Å²) in [6.07, 6.45) is 12.6. The van der Waals surface area contributed by atoms with Gasteiger partial charge in [-0.2, -0.15) is 0 Å². The maximum Gasteiger partial charge on any atom is 0.328 e. The SMILES string of the molecule is CCCCCCCCCCCCOC(=O)C(Cc1ccc(OC)cc1)NC(=O)c1ccccc1. The van der Waals surface area contributed by atoms with E-state index >= 15 is 0 Å². The van der Waals surface area contributed by atoms with E-state index in [2.05, 4.69) is 12.2 Å². The van der Waals surface area contributed by atoms with E-state index in [9.17, 15) is 9.59 Å². The Hall–Kier alpha value is -2.82. The van der Waals surface area contributed by atoms with Crippen LogP contribution in [0.5, 0.6) is 5.75 Å². The van der Waals surface area contributed by atoms with Crippen LogP contribution < -0.4 is 10.1 Å². The summed E-state index contributed by atoms with van der Waals surface area (Å²) in [4.78, 5) is 25.5. The number of carbonyl (C=O) groups is 2. The molecule has 2 rings (SSSR count). The average molecular weight is 468 g/mol. The van der Waals surface area contributed by atoms with Gasteiger partial charge in [-0.25, -0.2) is 4.79 Å². The van der Waals surface area contributed by atoms with Crippen LogP contribution in [0.4, 0.5) is 0 Å². The second-order valence-corrected chi connectivity index (χ2v) is 8.79. The Morgan fingerprint density at radius 2 is 1.38 bits per heavy atom. The molecule has 2 aromatic carbocycles. The molecule has 0 saturated heterocycles. The van der Waals surface area contributed by atoms with Crippen molar-refractivity contribution in [1.29, 1.82) is 0 Å². The number of carbonyl (C=O) groups excluding carboxylic acids is 2. The van der Waals surface area contributed by atoms with E-state index in [1.165, 1.54) is 51.4 Å². The van der Waals surface area contributed by atoms with Crippen LogP contribution in [0.3, 0.4) is 0 Å². The lowest BCUT2D eigenvalue weighted by atomic mass is 10.0. The Kier molecular flexibility index (Phi) is 13.5. The summed E-state index contributed by atoms with van der Waals surface area (Å²) < 4.78 is 10.8. The van der Waals surface area contributed by atoms with Crippen molar-refractivity contribution in [1.82, 2.24) is 5.32 Å². The fourth-order valence-electron chi connectivity index (χ4n) is 3.88. The monoisotopic (exact) mass is 467 g/mol. The molecule has 2 aromatic rings. The molecule has 0 fully saturated rings. The quantitative estimate of drug-likeness (QED) is 0.213. The number of unbranched alkanes of at least 4 members (excludes halogenated alkanes) is 9. The zero-order valence-corrected chi connectivity index (χ0v) is 20.9. The minimum Gasteiger partial charge on any atom is -0.497 e. The van der Waals surface area contributed by atoms with Gasteiger partial charge in [0, 0.05) is 12.0 Å². The average Bonchev–Trinajstić information content (AvgIpc) is 2.87. The minimum atomic E-state index is -0.746. The molecule has 0 heterocycles. The molecule has 5 nitrogen and oxygen atoms in total. The predicted octanol–water partition coefficient (Wildman–Crippen LogP) is 6.50. The van der Waals surface area contributed by atoms with Gasteiger partial charge in [-0.05, 0) is 36.2 Å². The van der Waals surface area contributed by atoms with Crippen LogP contribution in [0.15, 0.2) is 54.6 Å². The summed E-state index contributed by atoms with van der Waals surface area (Å²) in [6, 6.07) is 15.7. The highest BCUT2D eigenvalue weighted by Gasteiger charge is 2.23. The van der Waals surface area contributed by atoms with Crippen LogP contribution in [0, 0.1) is 0 Å². The van der Waals surface area contributed by atoms with Gasteiger partial charge >= 0.3 is 5.97 Å². The normalized spacial score (nSPS) is 11.6. The molecule has 1 amide bonds. The maximum atomic E-state index is 12.8. The third-order valence-electron chi connectivity index (χ3n) is 5.97. The largest absolute Gasteiger partial charge is 0.497 e. The van der Waals surface area contributed by atoms with Gasteiger partial charge in [-0.1, -0.05) is 95.0 Å². The Bertz CT molecular complexity index is 820. The van der Waals surface area contributed by atoms with E-state index in [0.717, 1.165) is 24.2 Å². The fraction of sp³-hybridized carbons (Fsp3) is 0.517. The molecule has 0 aliphatic heterocycles. The molecule has 1 atom stereocenters. The molecule has 0 aliphatic rings. The van der Waals surface area contributed by atoms with Crippen molar-refractivity contribution in [3.63, 3.8) is 0 Å². The molecule has 0 aliphatic carbocycles. The van der Waals surface area contributed by atoms with Crippen LogP contribution in [0.1, 0.15) is 87.1 Å². The smallest absolute Gasteiger partial charge is 0.328 e. The van der Waals surface area contributed by atoms with Gasteiger partial charge in [0.15, 0.2) is 0 Å². The molecule has 5 heteroatoms. The highest BCUT2D eigenvalue weighted by molar-refractivity contribution is 5.96. The molecule has 0 aromatic heterocycles. The van der Waals surface area contributed by atoms with Crippen molar-refractivity contribution < 1.29 is 19.1 Å². The van der Waals surface area contributed by atoms with Crippen molar-refractivity contribution in [3.05, 3.63) is 65.7 Å². The van der Waals surface area contributed by atoms with Crippen LogP contribution in [-0.4, -0.2) is 31.6 Å². The number of amides is 1. The standard InChI is InChI=1S/C29H41NO4/c1-3-4-5-6-7-8-9-10-11-15-22-34-29(32)27(23-24-18-20-26(33-2)21-19-24)30-28(31)25-16-13-12-14-17-25/h12-14,16-21,27H,3-11,15,22-23H2,1-2H3,(H,30,31). The van der Waals surface area contributed by atoms with E-state index in [4.69, 9.17) is 9.47 Å². The summed E-state index contributed by atoms with van der Waals surface area (Å²) in [5.74, 6) is 0.0724. The summed E-state index contributed by atoms with van der Waals surface area (Å²) in [6.45, 7) is 2.63. The Morgan fingerprint density at radius 3 is 1.97 bits per heavy atom. The molecule has 0 bridgehead atoms. The first-order chi connectivity index (χ1) is 16.6. The Labute approximate surface area is 205 Å². The topological polar surface area (TPSA) is 64.6 Å². The molecule has 34 heavy (non-hydrogen) atoms. The molecule has 0 spiro atoms. The zero-order chi connectivity index (χ0) is 24.4. The maximum absolute atomic E-state index is 12.8. The number of nitrogens with one attached hydrogen (secondary N) is 1. The van der Waals surface area contributed by atoms with Gasteiger partial charge in [0.2, 0.25) is 0 Å². The number of esters is 1. The number of hydrogen-bond acceptors (Lipinski definition) is 4. The summed E-state index contributed by atoms with van der Waals surface area (Å²) in [5, 5.41) is 2.86. The van der Waals surface area contributed by atoms with Gasteiger partial charge < -0.3 is 14.8 Å². The first-order valence-corrected chi connectivity index (χ1v) is 12.8. The summed E-state index contributed by atoms with van der Waals surface area (Å²) in [7, 11) is 1.61. The minimum absolute atomic E-state index is 0.282. The van der Waals surface area contributed by atoms with Gasteiger partial charge in [0.25, 0.3) is 5.91 Å². The molecule has 186 valence electrons. The predicted molar refractivity (Wildman–Crippen MR) is 137 cm³/mol. The highest BCUT2D eigenvalue weighted by Crippen LogP contribution is 2.14. The third-order valence-corrected chi connectivity index (χ3v) is 5.97. The van der Waals surface area contributed by atoms with Crippen molar-refractivity contribution in [2.75, 3.05) is 13.7 Å². The van der Waals surface area contributed by atoms with Crippen LogP contribution in [-0.2, 0) is 16.0 Å². The van der Waals surface area contributed by atoms with Gasteiger partial charge in [-0.3, -0.25) is 4.79 Å². The summed E-state index contributed by atoms with van der Waals surface area (Å²) in [5.41, 5.74) is 1.44. The number of methoxy groups -OCH3 is 1. The van der Waals surface area contributed by atoms with Crippen molar-refractivity contribution in [3.8, 4) is 5.75 Å². The number of benzene rings is 2. The zero-order valence-electron chi connectivity index (χ0n) is 20.9. The number of rotatable bonds is 17. The van der Waals surface area contributed by atoms with Gasteiger partial charge in [-0.15, -0.1) is 0 Å². The lowest BCUT2D eigenvalue weighted by Crippen LogP contribution is -2.43. The fourth-order valence-corrected chi connectivity index (χ4v) is 3.88. The second kappa shape index (κ2) is 16.7. The summed E-state index contributed by atoms with van der Waals surface area (Å²) >= 11 is 0. The van der Waals surface area contributed by atoms with Crippen LogP contribution in [0.25, 0.3) is 0 Å². The lowest BCUT2D eigenvalue weighted by molar-refractivity contribution is -0.146. The Balaban J connectivity index is 1.78. The van der Waals surface area contributed by atoms with Crippen molar-refractivity contribution in [2.24, 2.45) is 0 Å². The molecule has 1 unspecified atom stereocenters. The second-order valence-electron chi connectivity index (χ2n) is 8.79. The van der Waals surface area contributed by atoms with E-state index in [1.807, 2.05) is 30.3 Å². The van der Waals surface area contributed by atoms with E-state index in [-0.39, 0.29) is 5.91 Å². The number of hydrogen-bond donors (Lipinski definition) is 1. The van der Waals surface area contributed by atoms with Gasteiger partial charge in [0.05, 0.1) is 13.7 Å². The third kappa shape index (κ3) is 10.9. The lowest BCUT2D eigenvalue weighted by Gasteiger charge is -2.18. The first kappa shape index (κ1) is 27.4. The molecule has 0 radical (unpaired) electrons. The molecule has 1 N–H and O–H groups in total. The van der Waals surface area contributed by atoms with E-state index < -0.39 is 12.0 Å².